The second kappa shape index (κ2) is 9.34. The molecule has 1 aliphatic rings. The van der Waals surface area contributed by atoms with Crippen molar-refractivity contribution in [2.75, 3.05) is 24.7 Å². The first-order valence-electron chi connectivity index (χ1n) is 8.00. The average molecular weight is 309 g/mol. The van der Waals surface area contributed by atoms with Gasteiger partial charge in [-0.2, -0.15) is 11.8 Å². The predicted octanol–water partition coefficient (Wildman–Crippen LogP) is 3.12. The lowest BCUT2D eigenvalue weighted by Crippen LogP contribution is -2.34. The number of aliphatic hydroxyl groups excluding tert-OH is 1. The molecule has 0 saturated heterocycles. The van der Waals surface area contributed by atoms with Crippen LogP contribution in [0.1, 0.15) is 43.6 Å². The number of phenols is 1. The summed E-state index contributed by atoms with van der Waals surface area (Å²) in [6.45, 7) is 1.38. The van der Waals surface area contributed by atoms with Gasteiger partial charge >= 0.3 is 0 Å². The maximum atomic E-state index is 9.35. The fourth-order valence-electron chi connectivity index (χ4n) is 2.98. The lowest BCUT2D eigenvalue weighted by Gasteiger charge is -2.29. The Balaban J connectivity index is 1.61. The quantitative estimate of drug-likeness (QED) is 0.646. The van der Waals surface area contributed by atoms with Crippen molar-refractivity contribution >= 4 is 11.8 Å². The summed E-state index contributed by atoms with van der Waals surface area (Å²) >= 11 is 1.92. The van der Waals surface area contributed by atoms with Crippen LogP contribution in [0.2, 0.25) is 0 Å². The van der Waals surface area contributed by atoms with Gasteiger partial charge in [0, 0.05) is 24.9 Å². The molecule has 0 aromatic heterocycles. The summed E-state index contributed by atoms with van der Waals surface area (Å²) in [5.41, 5.74) is 1.37. The Kier molecular flexibility index (Phi) is 7.41. The first-order valence-corrected chi connectivity index (χ1v) is 9.16. The van der Waals surface area contributed by atoms with Crippen molar-refractivity contribution in [1.82, 2.24) is 5.32 Å². The molecule has 1 aromatic rings. The van der Waals surface area contributed by atoms with Crippen molar-refractivity contribution in [1.29, 1.82) is 0 Å². The number of nitrogens with one attached hydrogen (secondary N) is 1. The van der Waals surface area contributed by atoms with E-state index in [1.54, 1.807) is 12.1 Å². The normalized spacial score (nSPS) is 22.3. The summed E-state index contributed by atoms with van der Waals surface area (Å²) in [6, 6.07) is 8.38. The predicted molar refractivity (Wildman–Crippen MR) is 90.1 cm³/mol. The van der Waals surface area contributed by atoms with Gasteiger partial charge < -0.3 is 15.5 Å². The van der Waals surface area contributed by atoms with E-state index in [0.29, 0.717) is 24.3 Å². The van der Waals surface area contributed by atoms with Crippen LogP contribution in [-0.4, -0.2) is 40.9 Å². The van der Waals surface area contributed by atoms with Gasteiger partial charge in [-0.3, -0.25) is 0 Å². The van der Waals surface area contributed by atoms with E-state index < -0.39 is 0 Å². The lowest BCUT2D eigenvalue weighted by atomic mass is 9.82. The van der Waals surface area contributed by atoms with Crippen molar-refractivity contribution in [3.63, 3.8) is 0 Å². The van der Waals surface area contributed by atoms with Gasteiger partial charge in [0.2, 0.25) is 0 Å². The smallest absolute Gasteiger partial charge is 0.115 e. The highest BCUT2D eigenvalue weighted by atomic mass is 32.2. The summed E-state index contributed by atoms with van der Waals surface area (Å²) in [7, 11) is 0. The van der Waals surface area contributed by atoms with Crippen LogP contribution in [0.4, 0.5) is 0 Å². The molecular formula is C17H27NO2S. The van der Waals surface area contributed by atoms with Gasteiger partial charge in [-0.25, -0.2) is 0 Å². The van der Waals surface area contributed by atoms with Crippen molar-refractivity contribution < 1.29 is 10.2 Å². The van der Waals surface area contributed by atoms with Crippen LogP contribution in [0.15, 0.2) is 24.3 Å². The van der Waals surface area contributed by atoms with Crippen LogP contribution in [0.5, 0.6) is 5.75 Å². The van der Waals surface area contributed by atoms with Gasteiger partial charge in [0.05, 0.1) is 0 Å². The highest BCUT2D eigenvalue weighted by Gasteiger charge is 2.21. The molecule has 0 aliphatic heterocycles. The van der Waals surface area contributed by atoms with Crippen LogP contribution in [-0.2, 0) is 0 Å². The van der Waals surface area contributed by atoms with E-state index in [4.69, 9.17) is 5.11 Å². The zero-order valence-electron chi connectivity index (χ0n) is 12.6. The van der Waals surface area contributed by atoms with Gasteiger partial charge in [0.25, 0.3) is 0 Å². The van der Waals surface area contributed by atoms with Crippen LogP contribution in [0.3, 0.4) is 0 Å². The zero-order chi connectivity index (χ0) is 14.9. The Labute approximate surface area is 132 Å². The molecule has 1 aromatic carbocycles. The molecule has 118 valence electrons. The lowest BCUT2D eigenvalue weighted by molar-refractivity contribution is 0.296. The van der Waals surface area contributed by atoms with E-state index in [1.807, 2.05) is 11.8 Å². The number of phenolic OH excluding ortho intramolecular Hbond substituents is 1. The second-order valence-electron chi connectivity index (χ2n) is 5.78. The largest absolute Gasteiger partial charge is 0.508 e. The Morgan fingerprint density at radius 3 is 2.43 bits per heavy atom. The van der Waals surface area contributed by atoms with E-state index in [2.05, 4.69) is 17.4 Å². The SMILES string of the molecule is OCCCSCCNC1CCC(c2ccc(O)cc2)CC1. The van der Waals surface area contributed by atoms with E-state index in [1.165, 1.54) is 31.2 Å². The molecule has 0 unspecified atom stereocenters. The second-order valence-corrected chi connectivity index (χ2v) is 7.01. The third kappa shape index (κ3) is 5.89. The summed E-state index contributed by atoms with van der Waals surface area (Å²) in [5, 5.41) is 21.7. The molecule has 1 aliphatic carbocycles. The number of hydrogen-bond acceptors (Lipinski definition) is 4. The minimum Gasteiger partial charge on any atom is -0.508 e. The molecule has 0 amide bonds. The molecule has 3 nitrogen and oxygen atoms in total. The molecule has 4 heteroatoms. The van der Waals surface area contributed by atoms with Crippen molar-refractivity contribution in [3.8, 4) is 5.75 Å². The van der Waals surface area contributed by atoms with Crippen LogP contribution in [0, 0.1) is 0 Å². The molecule has 0 radical (unpaired) electrons. The minimum absolute atomic E-state index is 0.307. The Morgan fingerprint density at radius 2 is 1.76 bits per heavy atom. The zero-order valence-corrected chi connectivity index (χ0v) is 13.4. The van der Waals surface area contributed by atoms with Crippen LogP contribution >= 0.6 is 11.8 Å². The first-order chi connectivity index (χ1) is 10.3. The molecule has 0 spiro atoms. The van der Waals surface area contributed by atoms with Crippen molar-refractivity contribution in [3.05, 3.63) is 29.8 Å². The van der Waals surface area contributed by atoms with E-state index in [-0.39, 0.29) is 0 Å². The van der Waals surface area contributed by atoms with Crippen molar-refractivity contribution in [2.24, 2.45) is 0 Å². The third-order valence-corrected chi connectivity index (χ3v) is 5.29. The average Bonchev–Trinajstić information content (AvgIpc) is 2.52. The maximum Gasteiger partial charge on any atom is 0.115 e. The summed E-state index contributed by atoms with van der Waals surface area (Å²) in [5.74, 6) is 3.21. The monoisotopic (exact) mass is 309 g/mol. The summed E-state index contributed by atoms with van der Waals surface area (Å²) in [6.07, 6.45) is 5.86. The fourth-order valence-corrected chi connectivity index (χ4v) is 3.78. The fraction of sp³-hybridized carbons (Fsp3) is 0.647. The van der Waals surface area contributed by atoms with Gasteiger partial charge in [-0.05, 0) is 61.5 Å². The molecular weight excluding hydrogens is 282 g/mol. The highest BCUT2D eigenvalue weighted by molar-refractivity contribution is 7.99. The molecule has 0 bridgehead atoms. The van der Waals surface area contributed by atoms with Gasteiger partial charge in [-0.15, -0.1) is 0 Å². The van der Waals surface area contributed by atoms with Crippen LogP contribution < -0.4 is 5.32 Å². The van der Waals surface area contributed by atoms with Crippen molar-refractivity contribution in [2.45, 2.75) is 44.1 Å². The summed E-state index contributed by atoms with van der Waals surface area (Å²) < 4.78 is 0. The van der Waals surface area contributed by atoms with Gasteiger partial charge in [-0.1, -0.05) is 12.1 Å². The minimum atomic E-state index is 0.307. The molecule has 1 fully saturated rings. The van der Waals surface area contributed by atoms with Gasteiger partial charge in [0.1, 0.15) is 5.75 Å². The third-order valence-electron chi connectivity index (χ3n) is 4.22. The Bertz CT molecular complexity index is 388. The molecule has 0 atom stereocenters. The summed E-state index contributed by atoms with van der Waals surface area (Å²) in [4.78, 5) is 0. The molecule has 21 heavy (non-hydrogen) atoms. The van der Waals surface area contributed by atoms with E-state index in [0.717, 1.165) is 24.5 Å². The van der Waals surface area contributed by atoms with Crippen LogP contribution in [0.25, 0.3) is 0 Å². The number of thioether (sulfide) groups is 1. The number of benzene rings is 1. The Hall–Kier alpha value is -0.710. The molecule has 3 N–H and O–H groups in total. The van der Waals surface area contributed by atoms with Gasteiger partial charge in [0.15, 0.2) is 0 Å². The first kappa shape index (κ1) is 16.7. The molecule has 0 heterocycles. The maximum absolute atomic E-state index is 9.35. The standard InChI is InChI=1S/C17H27NO2S/c19-11-1-12-21-13-10-18-16-6-2-14(3-7-16)15-4-8-17(20)9-5-15/h4-5,8-9,14,16,18-20H,1-3,6-7,10-13H2. The number of aromatic hydroxyl groups is 1. The number of aliphatic hydroxyl groups is 1. The number of rotatable bonds is 8. The molecule has 2 rings (SSSR count). The highest BCUT2D eigenvalue weighted by Crippen LogP contribution is 2.33. The van der Waals surface area contributed by atoms with E-state index in [9.17, 15) is 5.11 Å². The number of hydrogen-bond donors (Lipinski definition) is 3. The molecule has 1 saturated carbocycles. The topological polar surface area (TPSA) is 52.5 Å². The van der Waals surface area contributed by atoms with E-state index >= 15 is 0 Å². The Morgan fingerprint density at radius 1 is 1.05 bits per heavy atom.